The van der Waals surface area contributed by atoms with E-state index in [1.165, 1.54) is 7.11 Å². The van der Waals surface area contributed by atoms with E-state index in [0.29, 0.717) is 11.5 Å². The second kappa shape index (κ2) is 10.2. The van der Waals surface area contributed by atoms with Crippen LogP contribution in [0.1, 0.15) is 0 Å². The number of aliphatic carboxylic acids is 1. The lowest BCUT2D eigenvalue weighted by atomic mass is 9.99. The highest BCUT2D eigenvalue weighted by Crippen LogP contribution is 2.27. The molecular formula is C17H23NO11. The highest BCUT2D eigenvalue weighted by atomic mass is 16.7. The van der Waals surface area contributed by atoms with Crippen LogP contribution in [0, 0.1) is 0 Å². The summed E-state index contributed by atoms with van der Waals surface area (Å²) in [6, 6.07) is 6.67. The first-order chi connectivity index (χ1) is 13.7. The lowest BCUT2D eigenvalue weighted by Gasteiger charge is -2.39. The molecule has 0 radical (unpaired) electrons. The zero-order chi connectivity index (χ0) is 21.6. The van der Waals surface area contributed by atoms with E-state index < -0.39 is 55.5 Å². The summed E-state index contributed by atoms with van der Waals surface area (Å²) in [5.74, 6) is -0.806. The molecule has 0 aromatic heterocycles. The van der Waals surface area contributed by atoms with Crippen LogP contribution in [-0.4, -0.2) is 89.6 Å². The zero-order valence-corrected chi connectivity index (χ0v) is 15.4. The van der Waals surface area contributed by atoms with Gasteiger partial charge >= 0.3 is 12.1 Å². The molecule has 1 aliphatic heterocycles. The fourth-order valence-corrected chi connectivity index (χ4v) is 2.58. The molecule has 12 heteroatoms. The van der Waals surface area contributed by atoms with Crippen LogP contribution in [0.4, 0.5) is 4.79 Å². The van der Waals surface area contributed by atoms with Crippen LogP contribution in [-0.2, 0) is 19.0 Å². The molecule has 1 heterocycles. The molecule has 2 rings (SSSR count). The number of hydrogen-bond donors (Lipinski definition) is 5. The zero-order valence-electron chi connectivity index (χ0n) is 15.4. The summed E-state index contributed by atoms with van der Waals surface area (Å²) in [6.45, 7) is -0.663. The van der Waals surface area contributed by atoms with Crippen LogP contribution in [0.25, 0.3) is 0 Å². The predicted octanol–water partition coefficient (Wildman–Crippen LogP) is -1.55. The van der Waals surface area contributed by atoms with E-state index in [1.54, 1.807) is 24.3 Å². The van der Waals surface area contributed by atoms with Gasteiger partial charge in [0, 0.05) is 0 Å². The molecule has 0 saturated carbocycles. The van der Waals surface area contributed by atoms with Gasteiger partial charge in [0.15, 0.2) is 23.9 Å². The van der Waals surface area contributed by atoms with Gasteiger partial charge in [-0.15, -0.1) is 0 Å². The van der Waals surface area contributed by atoms with Gasteiger partial charge < -0.3 is 49.8 Å². The minimum Gasteiger partial charge on any atom is -0.493 e. The van der Waals surface area contributed by atoms with Crippen LogP contribution in [0.2, 0.25) is 0 Å². The van der Waals surface area contributed by atoms with Gasteiger partial charge in [-0.3, -0.25) is 0 Å². The van der Waals surface area contributed by atoms with Crippen molar-refractivity contribution in [2.45, 2.75) is 36.8 Å². The molecule has 1 aliphatic rings. The summed E-state index contributed by atoms with van der Waals surface area (Å²) in [5, 5.41) is 38.7. The van der Waals surface area contributed by atoms with E-state index in [2.05, 4.69) is 4.74 Å². The Morgan fingerprint density at radius 3 is 2.34 bits per heavy atom. The van der Waals surface area contributed by atoms with Gasteiger partial charge in [-0.25, -0.2) is 9.59 Å². The highest BCUT2D eigenvalue weighted by Gasteiger charge is 2.48. The van der Waals surface area contributed by atoms with Crippen molar-refractivity contribution in [1.29, 1.82) is 0 Å². The van der Waals surface area contributed by atoms with Crippen LogP contribution < -0.4 is 15.2 Å². The molecule has 1 aromatic carbocycles. The van der Waals surface area contributed by atoms with Gasteiger partial charge in [0.1, 0.15) is 37.6 Å². The number of carbonyl (C=O) groups excluding carboxylic acids is 1. The van der Waals surface area contributed by atoms with Crippen molar-refractivity contribution in [3.05, 3.63) is 24.3 Å². The molecule has 1 aromatic rings. The SMILES string of the molecule is COc1ccccc1OCC(COC(N)=O)OC1OC(C(=O)O)C(O)C(O)C1O. The van der Waals surface area contributed by atoms with E-state index in [-0.39, 0.29) is 6.61 Å². The van der Waals surface area contributed by atoms with Crippen molar-refractivity contribution in [1.82, 2.24) is 0 Å². The number of aliphatic hydroxyl groups excluding tert-OH is 3. The number of hydrogen-bond acceptors (Lipinski definition) is 10. The van der Waals surface area contributed by atoms with Crippen LogP contribution in [0.5, 0.6) is 11.5 Å². The Hall–Kier alpha value is -2.64. The highest BCUT2D eigenvalue weighted by molar-refractivity contribution is 5.73. The quantitative estimate of drug-likeness (QED) is 0.313. The second-order valence-corrected chi connectivity index (χ2v) is 6.09. The first-order valence-corrected chi connectivity index (χ1v) is 8.50. The molecule has 162 valence electrons. The van der Waals surface area contributed by atoms with Crippen LogP contribution in [0.3, 0.4) is 0 Å². The summed E-state index contributed by atoms with van der Waals surface area (Å²) in [5.41, 5.74) is 4.95. The Kier molecular flexibility index (Phi) is 7.99. The third kappa shape index (κ3) is 5.92. The summed E-state index contributed by atoms with van der Waals surface area (Å²) in [7, 11) is 1.44. The maximum absolute atomic E-state index is 11.2. The van der Waals surface area contributed by atoms with Crippen molar-refractivity contribution in [3.63, 3.8) is 0 Å². The molecule has 1 saturated heterocycles. The van der Waals surface area contributed by atoms with Crippen molar-refractivity contribution in [2.75, 3.05) is 20.3 Å². The molecule has 6 unspecified atom stereocenters. The molecule has 6 atom stereocenters. The predicted molar refractivity (Wildman–Crippen MR) is 93.2 cm³/mol. The number of ether oxygens (including phenoxy) is 5. The van der Waals surface area contributed by atoms with Gasteiger partial charge in [0.2, 0.25) is 0 Å². The number of primary amides is 1. The molecule has 6 N–H and O–H groups in total. The summed E-state index contributed by atoms with van der Waals surface area (Å²) >= 11 is 0. The number of carbonyl (C=O) groups is 2. The molecule has 0 spiro atoms. The maximum Gasteiger partial charge on any atom is 0.404 e. The lowest BCUT2D eigenvalue weighted by molar-refractivity contribution is -0.307. The molecular weight excluding hydrogens is 394 g/mol. The van der Waals surface area contributed by atoms with Crippen LogP contribution >= 0.6 is 0 Å². The smallest absolute Gasteiger partial charge is 0.404 e. The first-order valence-electron chi connectivity index (χ1n) is 8.50. The third-order valence-corrected chi connectivity index (χ3v) is 4.04. The molecule has 1 amide bonds. The van der Waals surface area contributed by atoms with Gasteiger partial charge in [-0.2, -0.15) is 0 Å². The lowest BCUT2D eigenvalue weighted by Crippen LogP contribution is -2.61. The summed E-state index contributed by atoms with van der Waals surface area (Å²) < 4.78 is 25.9. The molecule has 1 fully saturated rings. The van der Waals surface area contributed by atoms with Gasteiger partial charge in [-0.05, 0) is 12.1 Å². The number of carboxylic acid groups (broad SMARTS) is 1. The topological polar surface area (TPSA) is 187 Å². The monoisotopic (exact) mass is 417 g/mol. The number of benzene rings is 1. The number of rotatable bonds is 9. The number of para-hydroxylation sites is 2. The Balaban J connectivity index is 2.10. The maximum atomic E-state index is 11.2. The number of nitrogens with two attached hydrogens (primary N) is 1. The van der Waals surface area contributed by atoms with Crippen molar-refractivity contribution in [3.8, 4) is 11.5 Å². The second-order valence-electron chi connectivity index (χ2n) is 6.09. The number of aliphatic hydroxyl groups is 3. The fraction of sp³-hybridized carbons (Fsp3) is 0.529. The van der Waals surface area contributed by atoms with E-state index in [1.807, 2.05) is 0 Å². The normalized spacial score (nSPS) is 27.7. The largest absolute Gasteiger partial charge is 0.493 e. The standard InChI is InChI=1S/C17H23NO11/c1-25-9-4-2-3-5-10(9)26-6-8(7-27-17(18)24)28-16-13(21)11(19)12(20)14(29-16)15(22)23/h2-5,8,11-14,16,19-21H,6-7H2,1H3,(H2,18,24)(H,22,23). The van der Waals surface area contributed by atoms with Crippen molar-refractivity contribution in [2.24, 2.45) is 5.73 Å². The van der Waals surface area contributed by atoms with Gasteiger partial charge in [0.05, 0.1) is 7.11 Å². The van der Waals surface area contributed by atoms with Crippen molar-refractivity contribution >= 4 is 12.1 Å². The average Bonchev–Trinajstić information content (AvgIpc) is 2.69. The molecule has 0 bridgehead atoms. The average molecular weight is 417 g/mol. The number of methoxy groups -OCH3 is 1. The number of carboxylic acids is 1. The molecule has 12 nitrogen and oxygen atoms in total. The van der Waals surface area contributed by atoms with Crippen LogP contribution in [0.15, 0.2) is 24.3 Å². The Morgan fingerprint density at radius 1 is 1.10 bits per heavy atom. The van der Waals surface area contributed by atoms with E-state index in [0.717, 1.165) is 0 Å². The van der Waals surface area contributed by atoms with Gasteiger partial charge in [0.25, 0.3) is 0 Å². The van der Waals surface area contributed by atoms with E-state index in [4.69, 9.17) is 29.8 Å². The fourth-order valence-electron chi connectivity index (χ4n) is 2.58. The van der Waals surface area contributed by atoms with Gasteiger partial charge in [-0.1, -0.05) is 12.1 Å². The Bertz CT molecular complexity index is 700. The molecule has 29 heavy (non-hydrogen) atoms. The minimum absolute atomic E-state index is 0.239. The summed E-state index contributed by atoms with van der Waals surface area (Å²) in [6.07, 6.45) is -11.2. The number of amides is 1. The Morgan fingerprint density at radius 2 is 1.76 bits per heavy atom. The first kappa shape index (κ1) is 22.6. The Labute approximate surface area is 165 Å². The summed E-state index contributed by atoms with van der Waals surface area (Å²) in [4.78, 5) is 22.1. The van der Waals surface area contributed by atoms with Crippen molar-refractivity contribution < 1.29 is 53.7 Å². The van der Waals surface area contributed by atoms with E-state index >= 15 is 0 Å². The van der Waals surface area contributed by atoms with E-state index in [9.17, 15) is 24.9 Å². The minimum atomic E-state index is -1.87. The third-order valence-electron chi connectivity index (χ3n) is 4.04. The molecule has 0 aliphatic carbocycles.